The van der Waals surface area contributed by atoms with Crippen molar-refractivity contribution < 1.29 is 20.8 Å². The van der Waals surface area contributed by atoms with Gasteiger partial charge in [-0.05, 0) is 25.0 Å². The van der Waals surface area contributed by atoms with Crippen LogP contribution in [0, 0.1) is 5.92 Å². The molecular formula is C19H24ClF3N6O. The standard InChI is InChI=1S/C19H20ClF3N6O.2H2/c1-10(2)18(3,17(30)27-9-19(21,22)23)29-14-4-5-24-16(28-14)13-8-26-15-12(13)6-11(20)7-25-15;;/h4-8,10H,9H2,1-3H3,(H,25,26)(H,27,30)(H,24,28,29);2*1H/t18-;;/m1../s1. The monoisotopic (exact) mass is 444 g/mol. The molecule has 3 aromatic rings. The maximum atomic E-state index is 12.5. The largest absolute Gasteiger partial charge is 0.405 e. The molecule has 1 atom stereocenters. The van der Waals surface area contributed by atoms with Crippen molar-refractivity contribution >= 4 is 34.4 Å². The molecule has 0 aliphatic carbocycles. The van der Waals surface area contributed by atoms with E-state index in [1.807, 2.05) is 5.32 Å². The van der Waals surface area contributed by atoms with Crippen LogP contribution in [-0.4, -0.2) is 44.1 Å². The Morgan fingerprint density at radius 3 is 2.73 bits per heavy atom. The molecule has 0 aromatic carbocycles. The highest BCUT2D eigenvalue weighted by Crippen LogP contribution is 2.29. The summed E-state index contributed by atoms with van der Waals surface area (Å²) in [6.45, 7) is 3.58. The van der Waals surface area contributed by atoms with E-state index in [1.165, 1.54) is 19.3 Å². The van der Waals surface area contributed by atoms with E-state index in [1.54, 1.807) is 32.2 Å². The second-order valence-corrected chi connectivity index (χ2v) is 7.73. The van der Waals surface area contributed by atoms with Gasteiger partial charge in [-0.25, -0.2) is 15.0 Å². The number of anilines is 1. The Balaban J connectivity index is 0.00000256. The highest BCUT2D eigenvalue weighted by atomic mass is 35.5. The SMILES string of the molecule is CC(C)[C@@](C)(Nc1ccnc(-c2c[nH]c3ncc(Cl)cc23)n1)C(=O)NCC(F)(F)F.[HH].[HH]. The van der Waals surface area contributed by atoms with E-state index in [4.69, 9.17) is 11.6 Å². The Morgan fingerprint density at radius 2 is 2.07 bits per heavy atom. The molecule has 0 unspecified atom stereocenters. The first-order valence-electron chi connectivity index (χ1n) is 9.09. The quantitative estimate of drug-likeness (QED) is 0.513. The minimum Gasteiger partial charge on any atom is -0.356 e. The predicted octanol–water partition coefficient (Wildman–Crippen LogP) is 4.67. The molecule has 11 heteroatoms. The van der Waals surface area contributed by atoms with Gasteiger partial charge in [-0.2, -0.15) is 13.2 Å². The van der Waals surface area contributed by atoms with Crippen LogP contribution in [-0.2, 0) is 4.79 Å². The van der Waals surface area contributed by atoms with Gasteiger partial charge in [0.2, 0.25) is 5.91 Å². The lowest BCUT2D eigenvalue weighted by Crippen LogP contribution is -2.55. The summed E-state index contributed by atoms with van der Waals surface area (Å²) in [7, 11) is 0. The zero-order valence-electron chi connectivity index (χ0n) is 16.4. The zero-order chi connectivity index (χ0) is 22.1. The molecule has 0 saturated carbocycles. The third-order valence-corrected chi connectivity index (χ3v) is 5.06. The Labute approximate surface area is 178 Å². The predicted molar refractivity (Wildman–Crippen MR) is 112 cm³/mol. The van der Waals surface area contributed by atoms with Crippen LogP contribution in [0.1, 0.15) is 23.6 Å². The van der Waals surface area contributed by atoms with Gasteiger partial charge in [-0.15, -0.1) is 0 Å². The Bertz CT molecular complexity index is 1080. The molecule has 0 bridgehead atoms. The topological polar surface area (TPSA) is 95.6 Å². The Hall–Kier alpha value is -2.88. The van der Waals surface area contributed by atoms with Gasteiger partial charge in [0.05, 0.1) is 5.02 Å². The first-order valence-corrected chi connectivity index (χ1v) is 9.46. The fourth-order valence-corrected chi connectivity index (χ4v) is 2.97. The number of carbonyl (C=O) groups is 1. The molecule has 3 heterocycles. The van der Waals surface area contributed by atoms with Crippen molar-refractivity contribution in [2.75, 3.05) is 11.9 Å². The summed E-state index contributed by atoms with van der Waals surface area (Å²) in [4.78, 5) is 28.4. The van der Waals surface area contributed by atoms with Crippen LogP contribution < -0.4 is 10.6 Å². The fourth-order valence-electron chi connectivity index (χ4n) is 2.81. The number of alkyl halides is 3. The van der Waals surface area contributed by atoms with Gasteiger partial charge in [-0.3, -0.25) is 4.79 Å². The Morgan fingerprint density at radius 1 is 1.33 bits per heavy atom. The van der Waals surface area contributed by atoms with Crippen LogP contribution >= 0.6 is 11.6 Å². The van der Waals surface area contributed by atoms with Gasteiger partial charge in [-0.1, -0.05) is 25.4 Å². The second kappa shape index (κ2) is 8.10. The summed E-state index contributed by atoms with van der Waals surface area (Å²) in [5, 5.41) is 6.08. The van der Waals surface area contributed by atoms with Crippen LogP contribution in [0.3, 0.4) is 0 Å². The van der Waals surface area contributed by atoms with Crippen molar-refractivity contribution in [3.8, 4) is 11.4 Å². The van der Waals surface area contributed by atoms with E-state index in [0.29, 0.717) is 33.3 Å². The summed E-state index contributed by atoms with van der Waals surface area (Å²) in [6, 6.07) is 3.27. The number of amides is 1. The van der Waals surface area contributed by atoms with E-state index in [9.17, 15) is 18.0 Å². The van der Waals surface area contributed by atoms with E-state index in [0.717, 1.165) is 0 Å². The van der Waals surface area contributed by atoms with Gasteiger partial charge >= 0.3 is 6.18 Å². The number of hydrogen-bond acceptors (Lipinski definition) is 5. The average molecular weight is 445 g/mol. The number of aromatic nitrogens is 4. The number of aromatic amines is 1. The maximum Gasteiger partial charge on any atom is 0.405 e. The molecule has 7 nitrogen and oxygen atoms in total. The van der Waals surface area contributed by atoms with Gasteiger partial charge in [0, 0.05) is 32.4 Å². The number of nitrogens with one attached hydrogen (secondary N) is 3. The molecular weight excluding hydrogens is 421 g/mol. The third-order valence-electron chi connectivity index (χ3n) is 4.86. The second-order valence-electron chi connectivity index (χ2n) is 7.30. The molecule has 0 saturated heterocycles. The summed E-state index contributed by atoms with van der Waals surface area (Å²) >= 11 is 6.03. The highest BCUT2D eigenvalue weighted by molar-refractivity contribution is 6.31. The molecule has 0 aliphatic rings. The fraction of sp³-hybridized carbons (Fsp3) is 0.368. The van der Waals surface area contributed by atoms with Crippen molar-refractivity contribution in [3.05, 3.63) is 35.7 Å². The molecule has 3 N–H and O–H groups in total. The number of hydrogen-bond donors (Lipinski definition) is 3. The number of carbonyl (C=O) groups excluding carboxylic acids is 1. The molecule has 1 amide bonds. The van der Waals surface area contributed by atoms with Gasteiger partial charge < -0.3 is 15.6 Å². The lowest BCUT2D eigenvalue weighted by atomic mass is 9.87. The molecule has 164 valence electrons. The number of rotatable bonds is 6. The van der Waals surface area contributed by atoms with Crippen LogP contribution in [0.4, 0.5) is 19.0 Å². The number of fused-ring (bicyclic) bond motifs is 1. The van der Waals surface area contributed by atoms with Crippen LogP contribution in [0.15, 0.2) is 30.7 Å². The van der Waals surface area contributed by atoms with E-state index in [-0.39, 0.29) is 8.77 Å². The third kappa shape index (κ3) is 4.64. The molecule has 0 spiro atoms. The van der Waals surface area contributed by atoms with Crippen molar-refractivity contribution in [3.63, 3.8) is 0 Å². The number of halogens is 4. The number of H-pyrrole nitrogens is 1. The van der Waals surface area contributed by atoms with Gasteiger partial charge in [0.1, 0.15) is 23.5 Å². The van der Waals surface area contributed by atoms with Gasteiger partial charge in [0.15, 0.2) is 5.82 Å². The van der Waals surface area contributed by atoms with Gasteiger partial charge in [0.25, 0.3) is 0 Å². The molecule has 0 aliphatic heterocycles. The first kappa shape index (κ1) is 21.8. The lowest BCUT2D eigenvalue weighted by Gasteiger charge is -2.34. The molecule has 3 rings (SSSR count). The molecule has 0 radical (unpaired) electrons. The van der Waals surface area contributed by atoms with E-state index >= 15 is 0 Å². The average Bonchev–Trinajstić information content (AvgIpc) is 3.08. The number of pyridine rings is 1. The minimum absolute atomic E-state index is 0. The van der Waals surface area contributed by atoms with Crippen molar-refractivity contribution in [1.29, 1.82) is 0 Å². The molecule has 3 aromatic heterocycles. The van der Waals surface area contributed by atoms with Crippen molar-refractivity contribution in [2.45, 2.75) is 32.5 Å². The highest BCUT2D eigenvalue weighted by Gasteiger charge is 2.39. The minimum atomic E-state index is -4.50. The van der Waals surface area contributed by atoms with E-state index < -0.39 is 24.2 Å². The van der Waals surface area contributed by atoms with Crippen LogP contribution in [0.5, 0.6) is 0 Å². The zero-order valence-corrected chi connectivity index (χ0v) is 17.2. The summed E-state index contributed by atoms with van der Waals surface area (Å²) in [6.07, 6.45) is 0.192. The number of nitrogens with zero attached hydrogens (tertiary/aromatic N) is 3. The maximum absolute atomic E-state index is 12.5. The van der Waals surface area contributed by atoms with E-state index in [2.05, 4.69) is 25.3 Å². The summed E-state index contributed by atoms with van der Waals surface area (Å²) in [5.41, 5.74) is -0.0755. The lowest BCUT2D eigenvalue weighted by molar-refractivity contribution is -0.141. The summed E-state index contributed by atoms with van der Waals surface area (Å²) < 4.78 is 37.6. The van der Waals surface area contributed by atoms with Crippen LogP contribution in [0.25, 0.3) is 22.4 Å². The first-order chi connectivity index (χ1) is 14.0. The normalized spacial score (nSPS) is 14.0. The Kier molecular flexibility index (Phi) is 5.89. The van der Waals surface area contributed by atoms with Crippen molar-refractivity contribution in [2.24, 2.45) is 5.92 Å². The molecule has 30 heavy (non-hydrogen) atoms. The van der Waals surface area contributed by atoms with Crippen LogP contribution in [0.2, 0.25) is 5.02 Å². The van der Waals surface area contributed by atoms with Crippen molar-refractivity contribution in [1.82, 2.24) is 25.3 Å². The smallest absolute Gasteiger partial charge is 0.356 e. The summed E-state index contributed by atoms with van der Waals surface area (Å²) in [5.74, 6) is -0.474. The molecule has 0 fully saturated rings.